The molecule has 0 atom stereocenters. The van der Waals surface area contributed by atoms with E-state index in [0.29, 0.717) is 16.7 Å². The number of carbonyl (C=O) groups excluding carboxylic acids is 1. The van der Waals surface area contributed by atoms with E-state index in [1.807, 2.05) is 42.5 Å². The van der Waals surface area contributed by atoms with E-state index >= 15 is 0 Å². The Morgan fingerprint density at radius 2 is 1.58 bits per heavy atom. The second kappa shape index (κ2) is 6.41. The SMILES string of the molecule is CC(=NC(=O)c1cc(=O)c2ccccc2o1)c1cccc2ccccc12. The van der Waals surface area contributed by atoms with Crippen molar-refractivity contribution in [2.75, 3.05) is 0 Å². The molecule has 0 fully saturated rings. The van der Waals surface area contributed by atoms with Crippen LogP contribution in [0.5, 0.6) is 0 Å². The van der Waals surface area contributed by atoms with Gasteiger partial charge in [0.25, 0.3) is 0 Å². The largest absolute Gasteiger partial charge is 0.451 e. The Labute approximate surface area is 149 Å². The van der Waals surface area contributed by atoms with E-state index in [0.717, 1.165) is 16.3 Å². The van der Waals surface area contributed by atoms with Crippen LogP contribution in [0.3, 0.4) is 0 Å². The number of amides is 1. The van der Waals surface area contributed by atoms with E-state index in [2.05, 4.69) is 4.99 Å². The molecule has 0 radical (unpaired) electrons. The molecule has 4 aromatic rings. The summed E-state index contributed by atoms with van der Waals surface area (Å²) in [7, 11) is 0. The maximum Gasteiger partial charge on any atom is 0.313 e. The van der Waals surface area contributed by atoms with Crippen LogP contribution in [0.1, 0.15) is 23.0 Å². The average Bonchev–Trinajstić information content (AvgIpc) is 2.67. The molecule has 4 nitrogen and oxygen atoms in total. The fraction of sp³-hybridized carbons (Fsp3) is 0.0455. The lowest BCUT2D eigenvalue weighted by Crippen LogP contribution is -2.08. The minimum Gasteiger partial charge on any atom is -0.451 e. The summed E-state index contributed by atoms with van der Waals surface area (Å²) in [4.78, 5) is 28.9. The van der Waals surface area contributed by atoms with Crippen molar-refractivity contribution >= 4 is 33.4 Å². The Kier molecular flexibility index (Phi) is 3.93. The molecule has 1 heterocycles. The number of fused-ring (bicyclic) bond motifs is 2. The molecule has 4 heteroatoms. The van der Waals surface area contributed by atoms with E-state index in [1.54, 1.807) is 31.2 Å². The van der Waals surface area contributed by atoms with Crippen molar-refractivity contribution in [1.29, 1.82) is 0 Å². The highest BCUT2D eigenvalue weighted by molar-refractivity contribution is 6.14. The molecule has 0 aliphatic heterocycles. The minimum atomic E-state index is -0.571. The van der Waals surface area contributed by atoms with Gasteiger partial charge in [0.05, 0.1) is 5.39 Å². The normalized spacial score (nSPS) is 11.8. The number of hydrogen-bond donors (Lipinski definition) is 0. The van der Waals surface area contributed by atoms with Gasteiger partial charge in [-0.1, -0.05) is 54.6 Å². The molecule has 4 rings (SSSR count). The predicted molar refractivity (Wildman–Crippen MR) is 103 cm³/mol. The monoisotopic (exact) mass is 341 g/mol. The summed E-state index contributed by atoms with van der Waals surface area (Å²) < 4.78 is 5.57. The summed E-state index contributed by atoms with van der Waals surface area (Å²) in [5.41, 5.74) is 1.57. The number of benzene rings is 3. The predicted octanol–water partition coefficient (Wildman–Crippen LogP) is 4.60. The lowest BCUT2D eigenvalue weighted by Gasteiger charge is -2.06. The van der Waals surface area contributed by atoms with Gasteiger partial charge in [0.2, 0.25) is 0 Å². The molecule has 126 valence electrons. The number of para-hydroxylation sites is 1. The van der Waals surface area contributed by atoms with Gasteiger partial charge in [0, 0.05) is 17.3 Å². The highest BCUT2D eigenvalue weighted by Gasteiger charge is 2.13. The van der Waals surface area contributed by atoms with Crippen LogP contribution in [0, 0.1) is 0 Å². The van der Waals surface area contributed by atoms with Gasteiger partial charge >= 0.3 is 5.91 Å². The van der Waals surface area contributed by atoms with E-state index in [9.17, 15) is 9.59 Å². The second-order valence-corrected chi connectivity index (χ2v) is 6.00. The van der Waals surface area contributed by atoms with Gasteiger partial charge in [-0.25, -0.2) is 4.99 Å². The highest BCUT2D eigenvalue weighted by Crippen LogP contribution is 2.20. The van der Waals surface area contributed by atoms with Crippen LogP contribution in [-0.4, -0.2) is 11.6 Å². The lowest BCUT2D eigenvalue weighted by molar-refractivity contribution is 0.0977. The second-order valence-electron chi connectivity index (χ2n) is 6.00. The van der Waals surface area contributed by atoms with Crippen LogP contribution in [0.2, 0.25) is 0 Å². The third kappa shape index (κ3) is 2.82. The molecule has 1 aromatic heterocycles. The summed E-state index contributed by atoms with van der Waals surface area (Å²) >= 11 is 0. The van der Waals surface area contributed by atoms with Gasteiger partial charge in [-0.3, -0.25) is 9.59 Å². The Morgan fingerprint density at radius 1 is 0.885 bits per heavy atom. The fourth-order valence-corrected chi connectivity index (χ4v) is 3.02. The first kappa shape index (κ1) is 16.0. The molecule has 0 spiro atoms. The fourth-order valence-electron chi connectivity index (χ4n) is 3.02. The molecule has 26 heavy (non-hydrogen) atoms. The van der Waals surface area contributed by atoms with Crippen molar-refractivity contribution in [2.24, 2.45) is 4.99 Å². The lowest BCUT2D eigenvalue weighted by atomic mass is 10.0. The van der Waals surface area contributed by atoms with E-state index in [1.165, 1.54) is 6.07 Å². The maximum atomic E-state index is 12.5. The van der Waals surface area contributed by atoms with Crippen LogP contribution >= 0.6 is 0 Å². The summed E-state index contributed by atoms with van der Waals surface area (Å²) in [6.07, 6.45) is 0. The van der Waals surface area contributed by atoms with Crippen LogP contribution < -0.4 is 5.43 Å². The molecular weight excluding hydrogens is 326 g/mol. The third-order valence-electron chi connectivity index (χ3n) is 4.29. The van der Waals surface area contributed by atoms with Gasteiger partial charge in [-0.2, -0.15) is 0 Å². The number of aliphatic imine (C=N–C) groups is 1. The van der Waals surface area contributed by atoms with Crippen LogP contribution in [0.25, 0.3) is 21.7 Å². The van der Waals surface area contributed by atoms with E-state index in [-0.39, 0.29) is 11.2 Å². The summed E-state index contributed by atoms with van der Waals surface area (Å²) in [6, 6.07) is 21.8. The Hall–Kier alpha value is -3.53. The van der Waals surface area contributed by atoms with Gasteiger partial charge in [0.15, 0.2) is 11.2 Å². The summed E-state index contributed by atoms with van der Waals surface area (Å²) in [6.45, 7) is 1.78. The zero-order valence-corrected chi connectivity index (χ0v) is 14.1. The molecule has 0 saturated carbocycles. The molecule has 0 unspecified atom stereocenters. The molecule has 1 amide bonds. The number of hydrogen-bond acceptors (Lipinski definition) is 3. The van der Waals surface area contributed by atoms with Crippen molar-refractivity contribution in [3.05, 3.63) is 94.3 Å². The van der Waals surface area contributed by atoms with Gasteiger partial charge in [-0.05, 0) is 29.8 Å². The van der Waals surface area contributed by atoms with E-state index < -0.39 is 5.91 Å². The first-order valence-corrected chi connectivity index (χ1v) is 8.24. The minimum absolute atomic E-state index is 0.0618. The molecule has 0 saturated heterocycles. The molecular formula is C22H15NO3. The number of nitrogens with zero attached hydrogens (tertiary/aromatic N) is 1. The smallest absolute Gasteiger partial charge is 0.313 e. The highest BCUT2D eigenvalue weighted by atomic mass is 16.3. The first-order valence-electron chi connectivity index (χ1n) is 8.24. The van der Waals surface area contributed by atoms with Crippen LogP contribution in [0.4, 0.5) is 0 Å². The molecule has 0 N–H and O–H groups in total. The van der Waals surface area contributed by atoms with E-state index in [4.69, 9.17) is 4.42 Å². The van der Waals surface area contributed by atoms with Crippen molar-refractivity contribution in [2.45, 2.75) is 6.92 Å². The van der Waals surface area contributed by atoms with Gasteiger partial charge in [-0.15, -0.1) is 0 Å². The van der Waals surface area contributed by atoms with Crippen molar-refractivity contribution in [1.82, 2.24) is 0 Å². The molecule has 0 aliphatic carbocycles. The quantitative estimate of drug-likeness (QED) is 0.501. The molecule has 0 aliphatic rings. The molecule has 0 bridgehead atoms. The zero-order valence-electron chi connectivity index (χ0n) is 14.1. The Bertz CT molecular complexity index is 1230. The van der Waals surface area contributed by atoms with Crippen molar-refractivity contribution in [3.63, 3.8) is 0 Å². The van der Waals surface area contributed by atoms with Crippen LogP contribution in [-0.2, 0) is 0 Å². The topological polar surface area (TPSA) is 59.6 Å². The maximum absolute atomic E-state index is 12.5. The first-order chi connectivity index (χ1) is 12.6. The van der Waals surface area contributed by atoms with Crippen molar-refractivity contribution < 1.29 is 9.21 Å². The summed E-state index contributed by atoms with van der Waals surface area (Å²) in [5, 5.41) is 2.53. The standard InChI is InChI=1S/C22H15NO3/c1-14(16-11-6-8-15-7-2-3-9-17(15)16)23-22(25)21-13-19(24)18-10-4-5-12-20(18)26-21/h2-13H,1H3. The van der Waals surface area contributed by atoms with Gasteiger partial charge in [0.1, 0.15) is 5.58 Å². The molecule has 3 aromatic carbocycles. The van der Waals surface area contributed by atoms with Gasteiger partial charge < -0.3 is 4.42 Å². The summed E-state index contributed by atoms with van der Waals surface area (Å²) in [5.74, 6) is -0.633. The number of carbonyl (C=O) groups is 1. The zero-order chi connectivity index (χ0) is 18.1. The van der Waals surface area contributed by atoms with Crippen LogP contribution in [0.15, 0.2) is 87.0 Å². The third-order valence-corrected chi connectivity index (χ3v) is 4.29. The number of rotatable bonds is 2. The Balaban J connectivity index is 1.78. The Morgan fingerprint density at radius 3 is 2.42 bits per heavy atom. The van der Waals surface area contributed by atoms with Crippen molar-refractivity contribution in [3.8, 4) is 0 Å². The average molecular weight is 341 g/mol.